The molecular weight excluding hydrogens is 327 g/mol. The van der Waals surface area contributed by atoms with E-state index in [1.165, 1.54) is 6.07 Å². The smallest absolute Gasteiger partial charge is 0.291 e. The van der Waals surface area contributed by atoms with Crippen molar-refractivity contribution in [2.75, 3.05) is 18.1 Å². The molecule has 0 N–H and O–H groups in total. The Bertz CT molecular complexity index is 683. The lowest BCUT2D eigenvalue weighted by atomic mass is 10.0. The minimum Gasteiger partial charge on any atom is -0.291 e. The summed E-state index contributed by atoms with van der Waals surface area (Å²) in [7, 11) is -3.01. The average molecular weight is 347 g/mol. The molecular formula is C16H20F3NO2S. The normalized spacial score (nSPS) is 20.8. The first kappa shape index (κ1) is 18.0. The van der Waals surface area contributed by atoms with Crippen LogP contribution in [0.25, 0.3) is 0 Å². The van der Waals surface area contributed by atoms with Crippen LogP contribution in [0.2, 0.25) is 0 Å². The summed E-state index contributed by atoms with van der Waals surface area (Å²) in [5.74, 6) is 0.262. The number of hydrogen-bond acceptors (Lipinski definition) is 3. The van der Waals surface area contributed by atoms with Crippen molar-refractivity contribution in [3.8, 4) is 0 Å². The fourth-order valence-electron chi connectivity index (χ4n) is 2.84. The maximum atomic E-state index is 12.7. The van der Waals surface area contributed by atoms with Gasteiger partial charge in [-0.25, -0.2) is 8.42 Å². The third kappa shape index (κ3) is 4.57. The van der Waals surface area contributed by atoms with Crippen LogP contribution in [0.3, 0.4) is 0 Å². The third-order valence-corrected chi connectivity index (χ3v) is 5.88. The monoisotopic (exact) mass is 347 g/mol. The molecule has 1 atom stereocenters. The lowest BCUT2D eigenvalue weighted by molar-refractivity contribution is -0.137. The number of hydrogen-bond donors (Lipinski definition) is 0. The number of aryl methyl sites for hydroxylation is 1. The fourth-order valence-corrected chi connectivity index (χ4v) is 4.60. The van der Waals surface area contributed by atoms with Gasteiger partial charge in [0, 0.05) is 19.1 Å². The molecule has 1 saturated heterocycles. The van der Waals surface area contributed by atoms with Crippen molar-refractivity contribution in [3.05, 3.63) is 47.5 Å². The molecule has 0 spiro atoms. The molecule has 3 nitrogen and oxygen atoms in total. The number of halogens is 3. The molecule has 0 amide bonds. The van der Waals surface area contributed by atoms with E-state index in [1.807, 2.05) is 4.90 Å². The first-order valence-electron chi connectivity index (χ1n) is 7.34. The van der Waals surface area contributed by atoms with Gasteiger partial charge < -0.3 is 0 Å². The summed E-state index contributed by atoms with van der Waals surface area (Å²) in [6, 6.07) is 3.56. The largest absolute Gasteiger partial charge is 0.416 e. The average Bonchev–Trinajstić information content (AvgIpc) is 2.79. The Hall–Kier alpha value is -1.34. The predicted octanol–water partition coefficient (Wildman–Crippen LogP) is 3.19. The van der Waals surface area contributed by atoms with Gasteiger partial charge in [0.25, 0.3) is 0 Å². The molecule has 23 heavy (non-hydrogen) atoms. The van der Waals surface area contributed by atoms with Gasteiger partial charge in [-0.2, -0.15) is 13.2 Å². The molecule has 2 rings (SSSR count). The van der Waals surface area contributed by atoms with E-state index in [0.717, 1.165) is 17.7 Å². The summed E-state index contributed by atoms with van der Waals surface area (Å²) in [5.41, 5.74) is 0.649. The second kappa shape index (κ2) is 6.65. The quantitative estimate of drug-likeness (QED) is 0.768. The molecule has 1 heterocycles. The minimum absolute atomic E-state index is 0.0977. The van der Waals surface area contributed by atoms with Crippen molar-refractivity contribution >= 4 is 9.84 Å². The van der Waals surface area contributed by atoms with E-state index in [4.69, 9.17) is 0 Å². The zero-order valence-corrected chi connectivity index (χ0v) is 13.8. The Labute approximate surface area is 134 Å². The van der Waals surface area contributed by atoms with E-state index in [0.29, 0.717) is 25.1 Å². The second-order valence-electron chi connectivity index (χ2n) is 5.91. The molecule has 0 unspecified atom stereocenters. The zero-order chi connectivity index (χ0) is 17.3. The van der Waals surface area contributed by atoms with Gasteiger partial charge in [-0.1, -0.05) is 12.1 Å². The van der Waals surface area contributed by atoms with Gasteiger partial charge in [-0.05, 0) is 36.6 Å². The highest BCUT2D eigenvalue weighted by molar-refractivity contribution is 7.91. The van der Waals surface area contributed by atoms with Crippen LogP contribution in [0.5, 0.6) is 0 Å². The van der Waals surface area contributed by atoms with E-state index in [-0.39, 0.29) is 17.5 Å². The van der Waals surface area contributed by atoms with Gasteiger partial charge in [-0.3, -0.25) is 4.90 Å². The van der Waals surface area contributed by atoms with E-state index in [1.54, 1.807) is 13.0 Å². The number of alkyl halides is 3. The van der Waals surface area contributed by atoms with Crippen molar-refractivity contribution in [1.29, 1.82) is 0 Å². The van der Waals surface area contributed by atoms with Gasteiger partial charge in [0.15, 0.2) is 9.84 Å². The van der Waals surface area contributed by atoms with Gasteiger partial charge in [0.05, 0.1) is 17.1 Å². The summed E-state index contributed by atoms with van der Waals surface area (Å²) in [6.45, 7) is 6.23. The Morgan fingerprint density at radius 3 is 2.57 bits per heavy atom. The topological polar surface area (TPSA) is 37.4 Å². The Morgan fingerprint density at radius 2 is 2.09 bits per heavy atom. The number of rotatable bonds is 5. The van der Waals surface area contributed by atoms with Crippen LogP contribution in [0.1, 0.15) is 23.1 Å². The maximum absolute atomic E-state index is 12.7. The van der Waals surface area contributed by atoms with Crippen LogP contribution in [-0.2, 0) is 22.6 Å². The predicted molar refractivity (Wildman–Crippen MR) is 83.8 cm³/mol. The van der Waals surface area contributed by atoms with Crippen LogP contribution in [0, 0.1) is 6.92 Å². The van der Waals surface area contributed by atoms with E-state index in [9.17, 15) is 21.6 Å². The Morgan fingerprint density at radius 1 is 1.39 bits per heavy atom. The molecule has 0 aromatic heterocycles. The highest BCUT2D eigenvalue weighted by atomic mass is 32.2. The molecule has 1 aromatic carbocycles. The summed E-state index contributed by atoms with van der Waals surface area (Å²) < 4.78 is 61.5. The molecule has 1 fully saturated rings. The number of benzene rings is 1. The van der Waals surface area contributed by atoms with Crippen LogP contribution in [-0.4, -0.2) is 37.4 Å². The molecule has 0 saturated carbocycles. The maximum Gasteiger partial charge on any atom is 0.416 e. The molecule has 128 valence electrons. The van der Waals surface area contributed by atoms with Crippen molar-refractivity contribution in [1.82, 2.24) is 4.90 Å². The Balaban J connectivity index is 2.19. The fraction of sp³-hybridized carbons (Fsp3) is 0.500. The van der Waals surface area contributed by atoms with Crippen LogP contribution in [0.15, 0.2) is 30.9 Å². The van der Waals surface area contributed by atoms with Gasteiger partial charge >= 0.3 is 6.18 Å². The second-order valence-corrected chi connectivity index (χ2v) is 8.14. The standard InChI is InChI=1S/C16H20F3NO2S/c1-3-7-20(15-6-8-23(21,22)11-15)10-13-4-5-14(9-12(13)2)16(17,18)19/h3-5,9,15H,1,6-8,10-11H2,2H3/t15-/m0/s1. The molecule has 1 aromatic rings. The van der Waals surface area contributed by atoms with Crippen molar-refractivity contribution < 1.29 is 21.6 Å². The lowest BCUT2D eigenvalue weighted by Crippen LogP contribution is -2.36. The molecule has 1 aliphatic rings. The van der Waals surface area contributed by atoms with Crippen LogP contribution in [0.4, 0.5) is 13.2 Å². The van der Waals surface area contributed by atoms with Gasteiger partial charge in [0.1, 0.15) is 0 Å². The van der Waals surface area contributed by atoms with Crippen molar-refractivity contribution in [3.63, 3.8) is 0 Å². The minimum atomic E-state index is -4.36. The molecule has 1 aliphatic heterocycles. The number of nitrogens with zero attached hydrogens (tertiary/aromatic N) is 1. The van der Waals surface area contributed by atoms with Crippen LogP contribution >= 0.6 is 0 Å². The summed E-state index contributed by atoms with van der Waals surface area (Å²) >= 11 is 0. The van der Waals surface area contributed by atoms with Crippen molar-refractivity contribution in [2.45, 2.75) is 32.1 Å². The third-order valence-electron chi connectivity index (χ3n) is 4.13. The van der Waals surface area contributed by atoms with E-state index in [2.05, 4.69) is 6.58 Å². The zero-order valence-electron chi connectivity index (χ0n) is 12.9. The first-order chi connectivity index (χ1) is 10.6. The number of sulfone groups is 1. The van der Waals surface area contributed by atoms with Gasteiger partial charge in [-0.15, -0.1) is 6.58 Å². The highest BCUT2D eigenvalue weighted by Crippen LogP contribution is 2.31. The summed E-state index contributed by atoms with van der Waals surface area (Å²) in [5, 5.41) is 0. The first-order valence-corrected chi connectivity index (χ1v) is 9.16. The summed E-state index contributed by atoms with van der Waals surface area (Å²) in [6.07, 6.45) is -2.12. The molecule has 0 radical (unpaired) electrons. The SMILES string of the molecule is C=CCN(Cc1ccc(C(F)(F)F)cc1C)[C@H]1CCS(=O)(=O)C1. The van der Waals surface area contributed by atoms with Crippen LogP contribution < -0.4 is 0 Å². The molecule has 0 bridgehead atoms. The summed E-state index contributed by atoms with van der Waals surface area (Å²) in [4.78, 5) is 1.97. The molecule has 0 aliphatic carbocycles. The van der Waals surface area contributed by atoms with Gasteiger partial charge in [0.2, 0.25) is 0 Å². The molecule has 7 heteroatoms. The van der Waals surface area contributed by atoms with E-state index >= 15 is 0 Å². The van der Waals surface area contributed by atoms with E-state index < -0.39 is 21.6 Å². The highest BCUT2D eigenvalue weighted by Gasteiger charge is 2.33. The Kier molecular flexibility index (Phi) is 5.20. The lowest BCUT2D eigenvalue weighted by Gasteiger charge is -2.27. The van der Waals surface area contributed by atoms with Crippen molar-refractivity contribution in [2.24, 2.45) is 0 Å².